The zero-order valence-corrected chi connectivity index (χ0v) is 15.5. The minimum absolute atomic E-state index is 0.0745. The second kappa shape index (κ2) is 7.58. The van der Waals surface area contributed by atoms with Crippen LogP contribution in [0.2, 0.25) is 0 Å². The molecule has 3 aromatic rings. The van der Waals surface area contributed by atoms with Gasteiger partial charge in [0.1, 0.15) is 0 Å². The summed E-state index contributed by atoms with van der Waals surface area (Å²) < 4.78 is 0. The van der Waals surface area contributed by atoms with Gasteiger partial charge in [-0.25, -0.2) is 0 Å². The molecule has 1 amide bonds. The van der Waals surface area contributed by atoms with Gasteiger partial charge in [0.2, 0.25) is 5.91 Å². The Kier molecular flexibility index (Phi) is 5.24. The number of rotatable bonds is 5. The largest absolute Gasteiger partial charge is 0.361 e. The van der Waals surface area contributed by atoms with E-state index in [2.05, 4.69) is 60.5 Å². The Hall–Kier alpha value is -2.85. The molecule has 4 heteroatoms. The first kappa shape index (κ1) is 18.0. The Bertz CT molecular complexity index is 982. The molecule has 0 fully saturated rings. The van der Waals surface area contributed by atoms with Crippen LogP contribution in [0.4, 0.5) is 0 Å². The summed E-state index contributed by atoms with van der Waals surface area (Å²) in [5.41, 5.74) is 13.1. The lowest BCUT2D eigenvalue weighted by atomic mass is 9.93. The number of H-pyrrole nitrogens is 1. The molecule has 0 aliphatic carbocycles. The molecular weight excluding hydrogens is 322 g/mol. The smallest absolute Gasteiger partial charge is 0.246 e. The van der Waals surface area contributed by atoms with Gasteiger partial charge in [0.15, 0.2) is 0 Å². The summed E-state index contributed by atoms with van der Waals surface area (Å²) >= 11 is 0. The number of hydrogen-bond acceptors (Lipinski definition) is 2. The van der Waals surface area contributed by atoms with Crippen LogP contribution < -0.4 is 11.1 Å². The predicted octanol–water partition coefficient (Wildman–Crippen LogP) is 3.93. The highest BCUT2D eigenvalue weighted by Gasteiger charge is 2.09. The van der Waals surface area contributed by atoms with Crippen molar-refractivity contribution in [3.63, 3.8) is 0 Å². The van der Waals surface area contributed by atoms with Crippen LogP contribution in [-0.4, -0.2) is 24.0 Å². The van der Waals surface area contributed by atoms with E-state index in [1.54, 1.807) is 0 Å². The molecule has 26 heavy (non-hydrogen) atoms. The van der Waals surface area contributed by atoms with Gasteiger partial charge in [0, 0.05) is 30.4 Å². The van der Waals surface area contributed by atoms with E-state index < -0.39 is 0 Å². The van der Waals surface area contributed by atoms with Crippen molar-refractivity contribution >= 4 is 22.9 Å². The molecule has 0 radical (unpaired) electrons. The number of aromatic amines is 1. The molecule has 0 bridgehead atoms. The van der Waals surface area contributed by atoms with Gasteiger partial charge < -0.3 is 16.0 Å². The van der Waals surface area contributed by atoms with Crippen molar-refractivity contribution in [3.05, 3.63) is 64.9 Å². The minimum Gasteiger partial charge on any atom is -0.361 e. The van der Waals surface area contributed by atoms with E-state index in [1.807, 2.05) is 19.2 Å². The molecule has 0 aliphatic heterocycles. The SMILES string of the molecule is CC(=Cc1cc(C)c(-c2ccc3[nH]ccc3c2)cc1C)C(=O)NCCN. The van der Waals surface area contributed by atoms with E-state index >= 15 is 0 Å². The number of aromatic nitrogens is 1. The molecule has 0 saturated carbocycles. The molecule has 4 nitrogen and oxygen atoms in total. The number of aryl methyl sites for hydroxylation is 2. The second-order valence-corrected chi connectivity index (χ2v) is 6.68. The number of carbonyl (C=O) groups is 1. The van der Waals surface area contributed by atoms with Crippen molar-refractivity contribution in [2.75, 3.05) is 13.1 Å². The number of nitrogens with two attached hydrogens (primary N) is 1. The van der Waals surface area contributed by atoms with Crippen LogP contribution >= 0.6 is 0 Å². The third kappa shape index (κ3) is 3.70. The molecule has 1 aromatic heterocycles. The van der Waals surface area contributed by atoms with Crippen molar-refractivity contribution in [2.45, 2.75) is 20.8 Å². The first-order chi connectivity index (χ1) is 12.5. The first-order valence-corrected chi connectivity index (χ1v) is 8.85. The number of benzene rings is 2. The molecule has 2 aromatic carbocycles. The van der Waals surface area contributed by atoms with Crippen LogP contribution in [-0.2, 0) is 4.79 Å². The third-order valence-electron chi connectivity index (χ3n) is 4.64. The standard InChI is InChI=1S/C22H25N3O/c1-14-12-20(17-4-5-21-18(13-17)6-8-24-21)15(2)10-19(14)11-16(3)22(26)25-9-7-23/h4-6,8,10-13,24H,7,9,23H2,1-3H3,(H,25,26). The van der Waals surface area contributed by atoms with Gasteiger partial charge in [-0.15, -0.1) is 0 Å². The average Bonchev–Trinajstić information content (AvgIpc) is 3.10. The molecule has 0 saturated heterocycles. The Morgan fingerprint density at radius 1 is 1.15 bits per heavy atom. The highest BCUT2D eigenvalue weighted by atomic mass is 16.1. The Morgan fingerprint density at radius 3 is 2.73 bits per heavy atom. The fourth-order valence-corrected chi connectivity index (χ4v) is 3.15. The molecular formula is C22H25N3O. The average molecular weight is 347 g/mol. The van der Waals surface area contributed by atoms with Gasteiger partial charge >= 0.3 is 0 Å². The van der Waals surface area contributed by atoms with Gasteiger partial charge in [-0.3, -0.25) is 4.79 Å². The maximum Gasteiger partial charge on any atom is 0.246 e. The number of nitrogens with one attached hydrogen (secondary N) is 2. The summed E-state index contributed by atoms with van der Waals surface area (Å²) in [7, 11) is 0. The first-order valence-electron chi connectivity index (χ1n) is 8.85. The van der Waals surface area contributed by atoms with Crippen LogP contribution in [0.3, 0.4) is 0 Å². The van der Waals surface area contributed by atoms with Crippen molar-refractivity contribution in [3.8, 4) is 11.1 Å². The van der Waals surface area contributed by atoms with E-state index in [-0.39, 0.29) is 5.91 Å². The van der Waals surface area contributed by atoms with Gasteiger partial charge in [-0.1, -0.05) is 18.2 Å². The number of carbonyl (C=O) groups excluding carboxylic acids is 1. The van der Waals surface area contributed by atoms with E-state index in [9.17, 15) is 4.79 Å². The summed E-state index contributed by atoms with van der Waals surface area (Å²) in [6.45, 7) is 6.94. The quantitative estimate of drug-likeness (QED) is 0.612. The zero-order valence-electron chi connectivity index (χ0n) is 15.5. The summed E-state index contributed by atoms with van der Waals surface area (Å²) in [5, 5.41) is 4.01. The molecule has 0 unspecified atom stereocenters. The van der Waals surface area contributed by atoms with Crippen molar-refractivity contribution in [1.82, 2.24) is 10.3 Å². The highest BCUT2D eigenvalue weighted by molar-refractivity contribution is 5.97. The fourth-order valence-electron chi connectivity index (χ4n) is 3.15. The van der Waals surface area contributed by atoms with E-state index in [1.165, 1.54) is 22.1 Å². The molecule has 3 rings (SSSR count). The number of hydrogen-bond donors (Lipinski definition) is 3. The molecule has 0 atom stereocenters. The monoisotopic (exact) mass is 347 g/mol. The van der Waals surface area contributed by atoms with Crippen molar-refractivity contribution < 1.29 is 4.79 Å². The van der Waals surface area contributed by atoms with Crippen LogP contribution in [0.5, 0.6) is 0 Å². The van der Waals surface area contributed by atoms with E-state index in [0.29, 0.717) is 18.7 Å². The van der Waals surface area contributed by atoms with E-state index in [4.69, 9.17) is 5.73 Å². The summed E-state index contributed by atoms with van der Waals surface area (Å²) in [6.07, 6.45) is 3.90. The molecule has 134 valence electrons. The van der Waals surface area contributed by atoms with Crippen molar-refractivity contribution in [1.29, 1.82) is 0 Å². The molecule has 0 spiro atoms. The summed E-state index contributed by atoms with van der Waals surface area (Å²) in [5.74, 6) is -0.0745. The number of amides is 1. The van der Waals surface area contributed by atoms with Crippen LogP contribution in [0.1, 0.15) is 23.6 Å². The fraction of sp³-hybridized carbons (Fsp3) is 0.227. The molecule has 4 N–H and O–H groups in total. The minimum atomic E-state index is -0.0745. The van der Waals surface area contributed by atoms with Gasteiger partial charge in [-0.05, 0) is 78.2 Å². The van der Waals surface area contributed by atoms with Crippen LogP contribution in [0.25, 0.3) is 28.1 Å². The van der Waals surface area contributed by atoms with Crippen LogP contribution in [0.15, 0.2) is 48.2 Å². The maximum absolute atomic E-state index is 12.1. The van der Waals surface area contributed by atoms with Crippen molar-refractivity contribution in [2.24, 2.45) is 5.73 Å². The molecule has 0 aliphatic rings. The third-order valence-corrected chi connectivity index (χ3v) is 4.64. The number of fused-ring (bicyclic) bond motifs is 1. The van der Waals surface area contributed by atoms with E-state index in [0.717, 1.165) is 16.6 Å². The Labute approximate surface area is 154 Å². The topological polar surface area (TPSA) is 70.9 Å². The maximum atomic E-state index is 12.1. The Morgan fingerprint density at radius 2 is 1.96 bits per heavy atom. The van der Waals surface area contributed by atoms with Gasteiger partial charge in [-0.2, -0.15) is 0 Å². The van der Waals surface area contributed by atoms with Crippen LogP contribution in [0, 0.1) is 13.8 Å². The lowest BCUT2D eigenvalue weighted by molar-refractivity contribution is -0.117. The normalized spacial score (nSPS) is 11.8. The predicted molar refractivity (Wildman–Crippen MR) is 109 cm³/mol. The lowest BCUT2D eigenvalue weighted by Gasteiger charge is -2.12. The summed E-state index contributed by atoms with van der Waals surface area (Å²) in [4.78, 5) is 15.3. The highest BCUT2D eigenvalue weighted by Crippen LogP contribution is 2.29. The van der Waals surface area contributed by atoms with Gasteiger partial charge in [0.25, 0.3) is 0 Å². The van der Waals surface area contributed by atoms with Gasteiger partial charge in [0.05, 0.1) is 0 Å². The Balaban J connectivity index is 1.94. The zero-order chi connectivity index (χ0) is 18.7. The summed E-state index contributed by atoms with van der Waals surface area (Å²) in [6, 6.07) is 12.9. The second-order valence-electron chi connectivity index (χ2n) is 6.68. The lowest BCUT2D eigenvalue weighted by Crippen LogP contribution is -2.29. The molecule has 1 heterocycles.